The van der Waals surface area contributed by atoms with Crippen LogP contribution in [0, 0.1) is 23.0 Å². The molecule has 0 bridgehead atoms. The maximum Gasteiger partial charge on any atom is 0.260 e. The molecule has 0 aliphatic heterocycles. The monoisotopic (exact) mass is 272 g/mol. The molecular formula is C15H10F2N2O. The lowest BCUT2D eigenvalue weighted by atomic mass is 10.1. The van der Waals surface area contributed by atoms with Crippen LogP contribution in [0.3, 0.4) is 0 Å². The number of halogens is 2. The minimum Gasteiger partial charge on any atom is -0.311 e. The Morgan fingerprint density at radius 3 is 2.35 bits per heavy atom. The summed E-state index contributed by atoms with van der Waals surface area (Å²) in [6, 6.07) is 11.0. The molecule has 2 aromatic carbocycles. The zero-order valence-electron chi connectivity index (χ0n) is 10.6. The molecule has 0 aliphatic carbocycles. The van der Waals surface area contributed by atoms with Crippen molar-refractivity contribution in [1.29, 1.82) is 5.26 Å². The van der Waals surface area contributed by atoms with Gasteiger partial charge in [-0.15, -0.1) is 0 Å². The average Bonchev–Trinajstić information content (AvgIpc) is 2.46. The van der Waals surface area contributed by atoms with Crippen LogP contribution < -0.4 is 4.90 Å². The molecular weight excluding hydrogens is 262 g/mol. The molecule has 0 aliphatic rings. The van der Waals surface area contributed by atoms with Gasteiger partial charge in [-0.1, -0.05) is 0 Å². The second-order valence-electron chi connectivity index (χ2n) is 4.15. The van der Waals surface area contributed by atoms with Crippen LogP contribution in [-0.2, 0) is 0 Å². The molecule has 0 N–H and O–H groups in total. The summed E-state index contributed by atoms with van der Waals surface area (Å²) in [5.41, 5.74) is 0.763. The summed E-state index contributed by atoms with van der Waals surface area (Å²) in [5.74, 6) is -2.23. The molecule has 2 rings (SSSR count). The molecule has 0 aromatic heterocycles. The molecule has 0 heterocycles. The Kier molecular flexibility index (Phi) is 3.76. The highest BCUT2D eigenvalue weighted by Gasteiger charge is 2.17. The highest BCUT2D eigenvalue weighted by molar-refractivity contribution is 6.05. The fraction of sp³-hybridized carbons (Fsp3) is 0.0667. The first-order valence-electron chi connectivity index (χ1n) is 5.76. The second kappa shape index (κ2) is 5.49. The van der Waals surface area contributed by atoms with E-state index in [1.807, 2.05) is 6.07 Å². The van der Waals surface area contributed by atoms with Crippen LogP contribution in [0.15, 0.2) is 42.5 Å². The summed E-state index contributed by atoms with van der Waals surface area (Å²) in [6.45, 7) is 0. The first kappa shape index (κ1) is 13.7. The van der Waals surface area contributed by atoms with Crippen molar-refractivity contribution in [2.45, 2.75) is 0 Å². The van der Waals surface area contributed by atoms with Crippen molar-refractivity contribution < 1.29 is 13.6 Å². The summed E-state index contributed by atoms with van der Waals surface area (Å²) in [4.78, 5) is 13.4. The fourth-order valence-electron chi connectivity index (χ4n) is 1.72. The molecule has 0 atom stereocenters. The van der Waals surface area contributed by atoms with Crippen molar-refractivity contribution in [3.63, 3.8) is 0 Å². The van der Waals surface area contributed by atoms with E-state index < -0.39 is 17.5 Å². The molecule has 0 saturated carbocycles. The Balaban J connectivity index is 2.30. The summed E-state index contributed by atoms with van der Waals surface area (Å²) in [7, 11) is 1.48. The van der Waals surface area contributed by atoms with Crippen LogP contribution in [0.2, 0.25) is 0 Å². The number of nitriles is 1. The number of carbonyl (C=O) groups is 1. The number of rotatable bonds is 2. The van der Waals surface area contributed by atoms with Crippen LogP contribution in [-0.4, -0.2) is 13.0 Å². The van der Waals surface area contributed by atoms with Gasteiger partial charge in [-0.3, -0.25) is 4.79 Å². The van der Waals surface area contributed by atoms with Gasteiger partial charge in [0.25, 0.3) is 5.91 Å². The Bertz CT molecular complexity index is 690. The van der Waals surface area contributed by atoms with Gasteiger partial charge in [0.1, 0.15) is 11.6 Å². The van der Waals surface area contributed by atoms with Gasteiger partial charge in [-0.05, 0) is 36.4 Å². The van der Waals surface area contributed by atoms with Crippen molar-refractivity contribution >= 4 is 11.6 Å². The van der Waals surface area contributed by atoms with Gasteiger partial charge in [0.05, 0.1) is 17.2 Å². The number of anilines is 1. The zero-order chi connectivity index (χ0) is 14.7. The van der Waals surface area contributed by atoms with E-state index in [-0.39, 0.29) is 5.56 Å². The maximum absolute atomic E-state index is 13.6. The lowest BCUT2D eigenvalue weighted by Crippen LogP contribution is -2.27. The summed E-state index contributed by atoms with van der Waals surface area (Å²) in [6.07, 6.45) is 0. The Hall–Kier alpha value is -2.74. The number of carbonyl (C=O) groups excluding carboxylic acids is 1. The van der Waals surface area contributed by atoms with Crippen LogP contribution >= 0.6 is 0 Å². The number of hydrogen-bond acceptors (Lipinski definition) is 2. The minimum atomic E-state index is -0.907. The van der Waals surface area contributed by atoms with E-state index >= 15 is 0 Å². The molecule has 0 fully saturated rings. The highest BCUT2D eigenvalue weighted by atomic mass is 19.1. The van der Waals surface area contributed by atoms with Gasteiger partial charge >= 0.3 is 0 Å². The molecule has 20 heavy (non-hydrogen) atoms. The lowest BCUT2D eigenvalue weighted by molar-refractivity contribution is 0.0989. The predicted molar refractivity (Wildman–Crippen MR) is 70.2 cm³/mol. The standard InChI is InChI=1S/C15H10F2N2O/c1-19(12-5-2-10(9-18)3-6-12)15(20)13-7-4-11(16)8-14(13)17/h2-8H,1H3. The lowest BCUT2D eigenvalue weighted by Gasteiger charge is -2.17. The van der Waals surface area contributed by atoms with Crippen LogP contribution in [0.1, 0.15) is 15.9 Å². The van der Waals surface area contributed by atoms with E-state index in [9.17, 15) is 13.6 Å². The van der Waals surface area contributed by atoms with Gasteiger partial charge < -0.3 is 4.90 Å². The molecule has 1 amide bonds. The van der Waals surface area contributed by atoms with Crippen LogP contribution in [0.25, 0.3) is 0 Å². The largest absolute Gasteiger partial charge is 0.311 e. The van der Waals surface area contributed by atoms with E-state index in [4.69, 9.17) is 5.26 Å². The summed E-state index contributed by atoms with van der Waals surface area (Å²) >= 11 is 0. The zero-order valence-corrected chi connectivity index (χ0v) is 10.6. The van der Waals surface area contributed by atoms with E-state index in [1.54, 1.807) is 24.3 Å². The van der Waals surface area contributed by atoms with Crippen molar-refractivity contribution in [3.8, 4) is 6.07 Å². The quantitative estimate of drug-likeness (QED) is 0.843. The molecule has 5 heteroatoms. The van der Waals surface area contributed by atoms with Crippen molar-refractivity contribution in [3.05, 3.63) is 65.2 Å². The number of amides is 1. The Morgan fingerprint density at radius 2 is 1.80 bits per heavy atom. The maximum atomic E-state index is 13.6. The van der Waals surface area contributed by atoms with Crippen LogP contribution in [0.4, 0.5) is 14.5 Å². The molecule has 0 saturated heterocycles. The molecule has 2 aromatic rings. The molecule has 0 radical (unpaired) electrons. The second-order valence-corrected chi connectivity index (χ2v) is 4.15. The smallest absolute Gasteiger partial charge is 0.260 e. The molecule has 0 unspecified atom stereocenters. The number of hydrogen-bond donors (Lipinski definition) is 0. The summed E-state index contributed by atoms with van der Waals surface area (Å²) in [5, 5.41) is 8.70. The highest BCUT2D eigenvalue weighted by Crippen LogP contribution is 2.18. The number of benzene rings is 2. The van der Waals surface area contributed by atoms with Gasteiger partial charge in [-0.25, -0.2) is 8.78 Å². The SMILES string of the molecule is CN(C(=O)c1ccc(F)cc1F)c1ccc(C#N)cc1. The summed E-state index contributed by atoms with van der Waals surface area (Å²) < 4.78 is 26.4. The first-order valence-corrected chi connectivity index (χ1v) is 5.76. The van der Waals surface area contributed by atoms with E-state index in [0.29, 0.717) is 17.3 Å². The predicted octanol–water partition coefficient (Wildman–Crippen LogP) is 3.11. The minimum absolute atomic E-state index is 0.210. The topological polar surface area (TPSA) is 44.1 Å². The van der Waals surface area contributed by atoms with Crippen molar-refractivity contribution in [2.24, 2.45) is 0 Å². The van der Waals surface area contributed by atoms with Gasteiger partial charge in [-0.2, -0.15) is 5.26 Å². The molecule has 0 spiro atoms. The average molecular weight is 272 g/mol. The van der Waals surface area contributed by atoms with Crippen LogP contribution in [0.5, 0.6) is 0 Å². The molecule has 3 nitrogen and oxygen atoms in total. The normalized spacial score (nSPS) is 9.90. The Morgan fingerprint density at radius 1 is 1.15 bits per heavy atom. The van der Waals surface area contributed by atoms with E-state index in [2.05, 4.69) is 0 Å². The van der Waals surface area contributed by atoms with Gasteiger partial charge in [0.2, 0.25) is 0 Å². The van der Waals surface area contributed by atoms with Crippen molar-refractivity contribution in [1.82, 2.24) is 0 Å². The third kappa shape index (κ3) is 2.64. The van der Waals surface area contributed by atoms with Gasteiger partial charge in [0.15, 0.2) is 0 Å². The molecule has 100 valence electrons. The van der Waals surface area contributed by atoms with Gasteiger partial charge in [0, 0.05) is 18.8 Å². The third-order valence-corrected chi connectivity index (χ3v) is 2.85. The fourth-order valence-corrected chi connectivity index (χ4v) is 1.72. The first-order chi connectivity index (χ1) is 9.52. The number of nitrogens with zero attached hydrogens (tertiary/aromatic N) is 2. The van der Waals surface area contributed by atoms with E-state index in [0.717, 1.165) is 12.1 Å². The van der Waals surface area contributed by atoms with Crippen molar-refractivity contribution in [2.75, 3.05) is 11.9 Å². The third-order valence-electron chi connectivity index (χ3n) is 2.85. The van der Waals surface area contributed by atoms with E-state index in [1.165, 1.54) is 11.9 Å². The Labute approximate surface area is 114 Å².